The minimum atomic E-state index is 0.506. The Kier molecular flexibility index (Phi) is 6.30. The maximum Gasteiger partial charge on any atom is 0.189 e. The zero-order valence-corrected chi connectivity index (χ0v) is 17.8. The van der Waals surface area contributed by atoms with Crippen LogP contribution in [-0.4, -0.2) is 43.5 Å². The number of anilines is 1. The van der Waals surface area contributed by atoms with Crippen molar-refractivity contribution in [3.63, 3.8) is 0 Å². The Bertz CT molecular complexity index is 887. The van der Waals surface area contributed by atoms with Crippen LogP contribution in [0.3, 0.4) is 0 Å². The fraction of sp³-hybridized carbons (Fsp3) is 0.476. The predicted molar refractivity (Wildman–Crippen MR) is 112 cm³/mol. The minimum absolute atomic E-state index is 0.506. The van der Waals surface area contributed by atoms with Gasteiger partial charge in [0.1, 0.15) is 11.6 Å². The van der Waals surface area contributed by atoms with E-state index in [9.17, 15) is 5.26 Å². The molecule has 148 valence electrons. The second kappa shape index (κ2) is 8.70. The number of aromatic nitrogens is 2. The lowest BCUT2D eigenvalue weighted by molar-refractivity contribution is 0.354. The Morgan fingerprint density at radius 1 is 1.11 bits per heavy atom. The van der Waals surface area contributed by atoms with Gasteiger partial charge in [-0.05, 0) is 42.7 Å². The average Bonchev–Trinajstić information content (AvgIpc) is 2.71. The van der Waals surface area contributed by atoms with E-state index in [2.05, 4.69) is 29.8 Å². The number of nitrogens with zero attached hydrogens (tertiary/aromatic N) is 4. The van der Waals surface area contributed by atoms with E-state index in [0.717, 1.165) is 24.5 Å². The maximum atomic E-state index is 9.99. The maximum absolute atomic E-state index is 9.99. The molecule has 0 saturated carbocycles. The highest BCUT2D eigenvalue weighted by atomic mass is 32.2. The van der Waals surface area contributed by atoms with Gasteiger partial charge in [-0.2, -0.15) is 5.26 Å². The molecule has 2 aromatic rings. The van der Waals surface area contributed by atoms with Gasteiger partial charge in [0.25, 0.3) is 0 Å². The molecule has 0 bridgehead atoms. The van der Waals surface area contributed by atoms with Crippen molar-refractivity contribution >= 4 is 17.6 Å². The van der Waals surface area contributed by atoms with Crippen molar-refractivity contribution in [1.82, 2.24) is 9.97 Å². The minimum Gasteiger partial charge on any atom is -0.493 e. The van der Waals surface area contributed by atoms with E-state index in [-0.39, 0.29) is 0 Å². The van der Waals surface area contributed by atoms with E-state index < -0.39 is 0 Å². The summed E-state index contributed by atoms with van der Waals surface area (Å²) < 4.78 is 10.8. The van der Waals surface area contributed by atoms with Crippen molar-refractivity contribution in [3.8, 4) is 28.8 Å². The number of benzene rings is 1. The molecular formula is C21H26N4O2S. The van der Waals surface area contributed by atoms with Crippen molar-refractivity contribution < 1.29 is 9.47 Å². The number of piperidine rings is 1. The Morgan fingerprint density at radius 2 is 1.79 bits per heavy atom. The van der Waals surface area contributed by atoms with Gasteiger partial charge in [-0.3, -0.25) is 0 Å². The fourth-order valence-electron chi connectivity index (χ4n) is 3.88. The molecular weight excluding hydrogens is 372 g/mol. The number of methoxy groups -OCH3 is 2. The quantitative estimate of drug-likeness (QED) is 0.551. The molecule has 28 heavy (non-hydrogen) atoms. The average molecular weight is 399 g/mol. The summed E-state index contributed by atoms with van der Waals surface area (Å²) in [4.78, 5) is 11.6. The highest BCUT2D eigenvalue weighted by molar-refractivity contribution is 7.98. The molecule has 1 saturated heterocycles. The molecule has 0 aliphatic carbocycles. The Labute approximate surface area is 170 Å². The van der Waals surface area contributed by atoms with E-state index >= 15 is 0 Å². The second-order valence-corrected chi connectivity index (χ2v) is 8.06. The van der Waals surface area contributed by atoms with Gasteiger partial charge in [0, 0.05) is 18.7 Å². The van der Waals surface area contributed by atoms with Gasteiger partial charge in [-0.15, -0.1) is 0 Å². The first-order valence-corrected chi connectivity index (χ1v) is 10.6. The first kappa shape index (κ1) is 20.3. The molecule has 2 unspecified atom stereocenters. The third-order valence-corrected chi connectivity index (χ3v) is 5.54. The van der Waals surface area contributed by atoms with E-state index in [1.54, 1.807) is 14.2 Å². The number of nitriles is 1. The summed E-state index contributed by atoms with van der Waals surface area (Å²) >= 11 is 1.48. The molecule has 1 aliphatic heterocycles. The van der Waals surface area contributed by atoms with Crippen LogP contribution in [0.15, 0.2) is 23.4 Å². The molecule has 7 heteroatoms. The summed E-state index contributed by atoms with van der Waals surface area (Å²) in [6, 6.07) is 7.95. The molecule has 1 fully saturated rings. The lowest BCUT2D eigenvalue weighted by Gasteiger charge is -2.36. The number of hydrogen-bond acceptors (Lipinski definition) is 7. The largest absolute Gasteiger partial charge is 0.493 e. The van der Waals surface area contributed by atoms with E-state index in [0.29, 0.717) is 39.7 Å². The van der Waals surface area contributed by atoms with Gasteiger partial charge < -0.3 is 14.4 Å². The normalized spacial score (nSPS) is 19.2. The number of hydrogen-bond donors (Lipinski definition) is 0. The van der Waals surface area contributed by atoms with Crippen LogP contribution in [0.2, 0.25) is 0 Å². The summed E-state index contributed by atoms with van der Waals surface area (Å²) in [6.45, 7) is 6.30. The molecule has 2 heterocycles. The van der Waals surface area contributed by atoms with Crippen LogP contribution in [-0.2, 0) is 0 Å². The highest BCUT2D eigenvalue weighted by Gasteiger charge is 2.27. The summed E-state index contributed by atoms with van der Waals surface area (Å²) in [5.41, 5.74) is 1.95. The van der Waals surface area contributed by atoms with Crippen LogP contribution < -0.4 is 14.4 Å². The zero-order chi connectivity index (χ0) is 20.3. The van der Waals surface area contributed by atoms with E-state index in [4.69, 9.17) is 14.5 Å². The molecule has 2 atom stereocenters. The third-order valence-electron chi connectivity index (χ3n) is 4.99. The third kappa shape index (κ3) is 4.02. The predicted octanol–water partition coefficient (Wildman–Crippen LogP) is 4.24. The molecule has 0 radical (unpaired) electrons. The molecule has 3 rings (SSSR count). The number of rotatable bonds is 5. The first-order valence-electron chi connectivity index (χ1n) is 9.34. The summed E-state index contributed by atoms with van der Waals surface area (Å²) in [5.74, 6) is 3.10. The first-order chi connectivity index (χ1) is 13.5. The van der Waals surface area contributed by atoms with Crippen molar-refractivity contribution in [2.75, 3.05) is 38.5 Å². The van der Waals surface area contributed by atoms with Gasteiger partial charge in [-0.1, -0.05) is 25.6 Å². The number of thioether (sulfide) groups is 1. The van der Waals surface area contributed by atoms with Crippen LogP contribution in [0, 0.1) is 23.2 Å². The standard InChI is InChI=1S/C21H26N4O2S/c1-13-8-14(2)12-25(11-13)20-16(10-22)19(23-21(24-20)28-5)15-6-7-17(26-3)18(9-15)27-4/h6-7,9,13-14H,8,11-12H2,1-5H3. The molecule has 1 aliphatic rings. The number of ether oxygens (including phenoxy) is 2. The van der Waals surface area contributed by atoms with Gasteiger partial charge >= 0.3 is 0 Å². The van der Waals surface area contributed by atoms with Gasteiger partial charge in [-0.25, -0.2) is 9.97 Å². The molecule has 6 nitrogen and oxygen atoms in total. The summed E-state index contributed by atoms with van der Waals surface area (Å²) in [5, 5.41) is 10.7. The molecule has 1 aromatic carbocycles. The molecule has 1 aromatic heterocycles. The SMILES string of the molecule is COc1ccc(-c2nc(SC)nc(N3CC(C)CC(C)C3)c2C#N)cc1OC. The highest BCUT2D eigenvalue weighted by Crippen LogP contribution is 2.37. The Balaban J connectivity index is 2.15. The van der Waals surface area contributed by atoms with Gasteiger partial charge in [0.2, 0.25) is 0 Å². The second-order valence-electron chi connectivity index (χ2n) is 7.29. The monoisotopic (exact) mass is 398 g/mol. The van der Waals surface area contributed by atoms with Gasteiger partial charge in [0.05, 0.1) is 19.9 Å². The topological polar surface area (TPSA) is 71.3 Å². The molecule has 0 N–H and O–H groups in total. The lowest BCUT2D eigenvalue weighted by atomic mass is 9.91. The van der Waals surface area contributed by atoms with Crippen molar-refractivity contribution in [3.05, 3.63) is 23.8 Å². The summed E-state index contributed by atoms with van der Waals surface area (Å²) in [6.07, 6.45) is 3.15. The van der Waals surface area contributed by atoms with E-state index in [1.165, 1.54) is 18.2 Å². The van der Waals surface area contributed by atoms with Crippen LogP contribution in [0.25, 0.3) is 11.3 Å². The zero-order valence-electron chi connectivity index (χ0n) is 17.0. The fourth-order valence-corrected chi connectivity index (χ4v) is 4.24. The molecule has 0 spiro atoms. The lowest BCUT2D eigenvalue weighted by Crippen LogP contribution is -2.39. The Hall–Kier alpha value is -2.46. The van der Waals surface area contributed by atoms with E-state index in [1.807, 2.05) is 24.5 Å². The van der Waals surface area contributed by atoms with Crippen LogP contribution in [0.5, 0.6) is 11.5 Å². The van der Waals surface area contributed by atoms with Crippen molar-refractivity contribution in [2.24, 2.45) is 11.8 Å². The Morgan fingerprint density at radius 3 is 2.36 bits per heavy atom. The van der Waals surface area contributed by atoms with Crippen molar-refractivity contribution in [1.29, 1.82) is 5.26 Å². The molecule has 0 amide bonds. The van der Waals surface area contributed by atoms with Crippen molar-refractivity contribution in [2.45, 2.75) is 25.4 Å². The summed E-state index contributed by atoms with van der Waals surface area (Å²) in [7, 11) is 3.20. The van der Waals surface area contributed by atoms with Crippen LogP contribution >= 0.6 is 11.8 Å². The smallest absolute Gasteiger partial charge is 0.189 e. The van der Waals surface area contributed by atoms with Crippen LogP contribution in [0.4, 0.5) is 5.82 Å². The van der Waals surface area contributed by atoms with Gasteiger partial charge in [0.15, 0.2) is 22.5 Å². The van der Waals surface area contributed by atoms with Crippen LogP contribution in [0.1, 0.15) is 25.8 Å².